The fourth-order valence-electron chi connectivity index (χ4n) is 1.21. The van der Waals surface area contributed by atoms with Crippen LogP contribution in [0.2, 0.25) is 0 Å². The zero-order valence-corrected chi connectivity index (χ0v) is 9.52. The lowest BCUT2D eigenvalue weighted by atomic mass is 10.4. The molecule has 0 aromatic carbocycles. The van der Waals surface area contributed by atoms with E-state index in [2.05, 4.69) is 21.2 Å². The van der Waals surface area contributed by atoms with Crippen LogP contribution in [0.4, 0.5) is 4.79 Å². The number of carbonyl (C=O) groups is 2. The summed E-state index contributed by atoms with van der Waals surface area (Å²) in [5, 5.41) is 4.40. The van der Waals surface area contributed by atoms with Gasteiger partial charge in [-0.15, -0.1) is 11.3 Å². The number of imide groups is 1. The van der Waals surface area contributed by atoms with Gasteiger partial charge in [-0.3, -0.25) is 9.69 Å². The van der Waals surface area contributed by atoms with E-state index in [1.54, 1.807) is 0 Å². The largest absolute Gasteiger partial charge is 0.329 e. The first-order chi connectivity index (χ1) is 6.66. The van der Waals surface area contributed by atoms with E-state index in [1.165, 1.54) is 16.2 Å². The Balaban J connectivity index is 2.10. The number of thiophene rings is 1. The van der Waals surface area contributed by atoms with Crippen LogP contribution in [0.25, 0.3) is 0 Å². The minimum atomic E-state index is -0.306. The number of nitrogens with zero attached hydrogens (tertiary/aromatic N) is 1. The number of urea groups is 1. The van der Waals surface area contributed by atoms with Crippen molar-refractivity contribution >= 4 is 39.2 Å². The molecular weight excluding hydrogens is 268 g/mol. The third-order valence-electron chi connectivity index (χ3n) is 1.87. The summed E-state index contributed by atoms with van der Waals surface area (Å²) >= 11 is 4.84. The molecule has 1 aromatic heterocycles. The zero-order chi connectivity index (χ0) is 10.1. The normalized spacial score (nSPS) is 16.2. The van der Waals surface area contributed by atoms with E-state index in [-0.39, 0.29) is 18.5 Å². The highest BCUT2D eigenvalue weighted by molar-refractivity contribution is 9.10. The fourth-order valence-corrected chi connectivity index (χ4v) is 2.65. The predicted molar refractivity (Wildman–Crippen MR) is 56.0 cm³/mol. The molecule has 6 heteroatoms. The minimum absolute atomic E-state index is 0.116. The smallest absolute Gasteiger partial charge is 0.324 e. The number of hydrogen-bond acceptors (Lipinski definition) is 3. The second-order valence-electron chi connectivity index (χ2n) is 2.87. The summed E-state index contributed by atoms with van der Waals surface area (Å²) in [6, 6.07) is 1.60. The number of rotatable bonds is 2. The molecule has 0 atom stereocenters. The molecule has 1 saturated heterocycles. The molecule has 1 fully saturated rings. The molecule has 2 rings (SSSR count). The third-order valence-corrected chi connectivity index (χ3v) is 3.56. The molecule has 0 saturated carbocycles. The molecule has 0 spiro atoms. The molecule has 74 valence electrons. The summed E-state index contributed by atoms with van der Waals surface area (Å²) in [5.74, 6) is -0.167. The van der Waals surface area contributed by atoms with Crippen LogP contribution in [0.5, 0.6) is 0 Å². The summed E-state index contributed by atoms with van der Waals surface area (Å²) in [7, 11) is 0. The van der Waals surface area contributed by atoms with Crippen LogP contribution < -0.4 is 5.32 Å². The number of halogens is 1. The van der Waals surface area contributed by atoms with Gasteiger partial charge >= 0.3 is 6.03 Å². The number of carbonyl (C=O) groups excluding carboxylic acids is 2. The van der Waals surface area contributed by atoms with E-state index in [9.17, 15) is 9.59 Å². The maximum atomic E-state index is 11.2. The third kappa shape index (κ3) is 1.80. The molecule has 1 aromatic rings. The van der Waals surface area contributed by atoms with Crippen molar-refractivity contribution in [3.63, 3.8) is 0 Å². The van der Waals surface area contributed by atoms with Crippen LogP contribution in [0.15, 0.2) is 15.9 Å². The van der Waals surface area contributed by atoms with Gasteiger partial charge in [0.25, 0.3) is 0 Å². The van der Waals surface area contributed by atoms with Crippen molar-refractivity contribution < 1.29 is 9.59 Å². The van der Waals surface area contributed by atoms with Gasteiger partial charge in [-0.1, -0.05) is 0 Å². The standard InChI is InChI=1S/C8H7BrN2O2S/c9-5-1-6(14-4-5)3-11-7(12)2-10-8(11)13/h1,4H,2-3H2,(H,10,13). The van der Waals surface area contributed by atoms with Crippen LogP contribution in [0, 0.1) is 0 Å². The van der Waals surface area contributed by atoms with Gasteiger partial charge in [0.05, 0.1) is 13.1 Å². The molecule has 1 aliphatic rings. The van der Waals surface area contributed by atoms with E-state index in [0.717, 1.165) is 9.35 Å². The zero-order valence-electron chi connectivity index (χ0n) is 7.12. The van der Waals surface area contributed by atoms with Crippen molar-refractivity contribution in [2.75, 3.05) is 6.54 Å². The van der Waals surface area contributed by atoms with E-state index in [4.69, 9.17) is 0 Å². The molecule has 1 N–H and O–H groups in total. The van der Waals surface area contributed by atoms with Crippen molar-refractivity contribution in [2.45, 2.75) is 6.54 Å². The van der Waals surface area contributed by atoms with Crippen molar-refractivity contribution in [1.29, 1.82) is 0 Å². The quantitative estimate of drug-likeness (QED) is 0.833. The number of nitrogens with one attached hydrogen (secondary N) is 1. The SMILES string of the molecule is O=C1CNC(=O)N1Cc1cc(Br)cs1. The van der Waals surface area contributed by atoms with Crippen LogP contribution in [-0.4, -0.2) is 23.4 Å². The average Bonchev–Trinajstić information content (AvgIpc) is 2.67. The second-order valence-corrected chi connectivity index (χ2v) is 4.78. The van der Waals surface area contributed by atoms with Gasteiger partial charge in [0.2, 0.25) is 5.91 Å². The van der Waals surface area contributed by atoms with Crippen molar-refractivity contribution in [2.24, 2.45) is 0 Å². The van der Waals surface area contributed by atoms with Crippen LogP contribution in [0.3, 0.4) is 0 Å². The minimum Gasteiger partial charge on any atom is -0.329 e. The number of amides is 3. The second kappa shape index (κ2) is 3.70. The van der Waals surface area contributed by atoms with Crippen LogP contribution in [-0.2, 0) is 11.3 Å². The Hall–Kier alpha value is -0.880. The molecular formula is C8H7BrN2O2S. The molecule has 0 bridgehead atoms. The summed E-state index contributed by atoms with van der Waals surface area (Å²) in [4.78, 5) is 24.6. The lowest BCUT2D eigenvalue weighted by Crippen LogP contribution is -2.29. The topological polar surface area (TPSA) is 49.4 Å². The molecule has 4 nitrogen and oxygen atoms in total. The molecule has 0 aliphatic carbocycles. The Morgan fingerprint density at radius 2 is 2.36 bits per heavy atom. The summed E-state index contributed by atoms with van der Waals surface area (Å²) in [6.07, 6.45) is 0. The average molecular weight is 275 g/mol. The highest BCUT2D eigenvalue weighted by atomic mass is 79.9. The molecule has 3 amide bonds. The number of hydrogen-bond donors (Lipinski definition) is 1. The Morgan fingerprint density at radius 1 is 1.57 bits per heavy atom. The van der Waals surface area contributed by atoms with Gasteiger partial charge in [-0.2, -0.15) is 0 Å². The summed E-state index contributed by atoms with van der Waals surface area (Å²) in [6.45, 7) is 0.478. The Bertz CT molecular complexity index is 374. The van der Waals surface area contributed by atoms with Crippen molar-refractivity contribution in [1.82, 2.24) is 10.2 Å². The summed E-state index contributed by atoms with van der Waals surface area (Å²) in [5.41, 5.74) is 0. The van der Waals surface area contributed by atoms with Gasteiger partial charge < -0.3 is 5.32 Å². The highest BCUT2D eigenvalue weighted by Crippen LogP contribution is 2.21. The highest BCUT2D eigenvalue weighted by Gasteiger charge is 2.28. The molecule has 2 heterocycles. The van der Waals surface area contributed by atoms with E-state index >= 15 is 0 Å². The van der Waals surface area contributed by atoms with Gasteiger partial charge in [-0.25, -0.2) is 4.79 Å². The van der Waals surface area contributed by atoms with Crippen LogP contribution in [0.1, 0.15) is 4.88 Å². The van der Waals surface area contributed by atoms with Gasteiger partial charge in [0.15, 0.2) is 0 Å². The Kier molecular flexibility index (Phi) is 2.56. The van der Waals surface area contributed by atoms with Gasteiger partial charge in [-0.05, 0) is 22.0 Å². The molecule has 0 radical (unpaired) electrons. The Morgan fingerprint density at radius 3 is 2.86 bits per heavy atom. The first kappa shape index (κ1) is 9.67. The maximum Gasteiger partial charge on any atom is 0.324 e. The fraction of sp³-hybridized carbons (Fsp3) is 0.250. The summed E-state index contributed by atoms with van der Waals surface area (Å²) < 4.78 is 0.976. The van der Waals surface area contributed by atoms with E-state index < -0.39 is 0 Å². The van der Waals surface area contributed by atoms with Crippen molar-refractivity contribution in [3.8, 4) is 0 Å². The molecule has 0 unspecified atom stereocenters. The monoisotopic (exact) mass is 274 g/mol. The molecule has 14 heavy (non-hydrogen) atoms. The Labute approximate surface area is 93.0 Å². The van der Waals surface area contributed by atoms with Crippen LogP contribution >= 0.6 is 27.3 Å². The lowest BCUT2D eigenvalue weighted by molar-refractivity contribution is -0.125. The van der Waals surface area contributed by atoms with Gasteiger partial charge in [0.1, 0.15) is 0 Å². The maximum absolute atomic E-state index is 11.2. The van der Waals surface area contributed by atoms with E-state index in [0.29, 0.717) is 6.54 Å². The lowest BCUT2D eigenvalue weighted by Gasteiger charge is -2.09. The van der Waals surface area contributed by atoms with Crippen molar-refractivity contribution in [3.05, 3.63) is 20.8 Å². The van der Waals surface area contributed by atoms with Gasteiger partial charge in [0, 0.05) is 14.7 Å². The predicted octanol–water partition coefficient (Wildman–Crippen LogP) is 1.56. The first-order valence-corrected chi connectivity index (χ1v) is 5.65. The molecule has 1 aliphatic heterocycles. The first-order valence-electron chi connectivity index (χ1n) is 3.98. The van der Waals surface area contributed by atoms with E-state index in [1.807, 2.05) is 11.4 Å².